The second-order valence-corrected chi connectivity index (χ2v) is 7.66. The first-order valence-electron chi connectivity index (χ1n) is 9.44. The fourth-order valence-corrected chi connectivity index (χ4v) is 3.48. The summed E-state index contributed by atoms with van der Waals surface area (Å²) in [6.07, 6.45) is 0. The minimum absolute atomic E-state index is 0.0310. The van der Waals surface area contributed by atoms with Crippen LogP contribution < -0.4 is 10.2 Å². The summed E-state index contributed by atoms with van der Waals surface area (Å²) in [5.74, 6) is -3.24. The van der Waals surface area contributed by atoms with Gasteiger partial charge in [-0.25, -0.2) is 13.7 Å². The average molecular weight is 439 g/mol. The van der Waals surface area contributed by atoms with Gasteiger partial charge in [0.2, 0.25) is 0 Å². The highest BCUT2D eigenvalue weighted by molar-refractivity contribution is 6.46. The second kappa shape index (κ2) is 7.96. The van der Waals surface area contributed by atoms with E-state index in [1.165, 1.54) is 6.07 Å². The van der Waals surface area contributed by atoms with Crippen LogP contribution in [0.1, 0.15) is 16.7 Å². The molecule has 3 aromatic rings. The van der Waals surface area contributed by atoms with Crippen molar-refractivity contribution >= 4 is 40.4 Å². The van der Waals surface area contributed by atoms with Crippen LogP contribution in [-0.4, -0.2) is 11.8 Å². The van der Waals surface area contributed by atoms with E-state index in [9.17, 15) is 18.4 Å². The predicted octanol–water partition coefficient (Wildman–Crippen LogP) is 5.63. The zero-order valence-corrected chi connectivity index (χ0v) is 17.4. The van der Waals surface area contributed by atoms with Crippen molar-refractivity contribution in [2.45, 2.75) is 13.8 Å². The van der Waals surface area contributed by atoms with Gasteiger partial charge in [0.1, 0.15) is 5.70 Å². The number of halogens is 3. The third kappa shape index (κ3) is 3.82. The van der Waals surface area contributed by atoms with Gasteiger partial charge in [0.05, 0.1) is 11.3 Å². The summed E-state index contributed by atoms with van der Waals surface area (Å²) >= 11 is 6.20. The summed E-state index contributed by atoms with van der Waals surface area (Å²) in [5, 5.41) is 3.22. The molecule has 1 aliphatic rings. The lowest BCUT2D eigenvalue weighted by atomic mass is 10.0. The molecule has 7 heteroatoms. The Morgan fingerprint density at radius 2 is 1.55 bits per heavy atom. The van der Waals surface area contributed by atoms with E-state index in [2.05, 4.69) is 5.32 Å². The third-order valence-corrected chi connectivity index (χ3v) is 5.43. The first-order chi connectivity index (χ1) is 14.8. The molecule has 1 aliphatic heterocycles. The Morgan fingerprint density at radius 1 is 0.839 bits per heavy atom. The van der Waals surface area contributed by atoms with Gasteiger partial charge in [0.25, 0.3) is 11.8 Å². The summed E-state index contributed by atoms with van der Waals surface area (Å²) in [7, 11) is 0. The minimum Gasteiger partial charge on any atom is -0.350 e. The largest absolute Gasteiger partial charge is 0.350 e. The van der Waals surface area contributed by atoms with E-state index in [-0.39, 0.29) is 17.0 Å². The van der Waals surface area contributed by atoms with Gasteiger partial charge in [0.15, 0.2) is 11.6 Å². The molecule has 0 saturated heterocycles. The van der Waals surface area contributed by atoms with Crippen LogP contribution in [0, 0.1) is 25.5 Å². The molecule has 0 bridgehead atoms. The smallest absolute Gasteiger partial charge is 0.282 e. The number of nitrogens with zero attached hydrogens (tertiary/aromatic N) is 1. The number of imide groups is 1. The van der Waals surface area contributed by atoms with Gasteiger partial charge >= 0.3 is 0 Å². The lowest BCUT2D eigenvalue weighted by Gasteiger charge is -2.16. The van der Waals surface area contributed by atoms with Crippen LogP contribution in [-0.2, 0) is 9.59 Å². The molecule has 0 spiro atoms. The topological polar surface area (TPSA) is 49.4 Å². The molecule has 0 radical (unpaired) electrons. The van der Waals surface area contributed by atoms with E-state index >= 15 is 0 Å². The second-order valence-electron chi connectivity index (χ2n) is 7.25. The number of hydrogen-bond donors (Lipinski definition) is 1. The Kier molecular flexibility index (Phi) is 5.33. The van der Waals surface area contributed by atoms with Crippen LogP contribution in [0.2, 0.25) is 5.02 Å². The summed E-state index contributed by atoms with van der Waals surface area (Å²) in [6.45, 7) is 3.71. The number of benzene rings is 3. The summed E-state index contributed by atoms with van der Waals surface area (Å²) < 4.78 is 27.0. The first kappa shape index (κ1) is 20.8. The maximum atomic E-state index is 13.7. The lowest BCUT2D eigenvalue weighted by molar-refractivity contribution is -0.120. The van der Waals surface area contributed by atoms with Crippen LogP contribution >= 0.6 is 11.6 Å². The van der Waals surface area contributed by atoms with Crippen LogP contribution in [0.15, 0.2) is 66.4 Å². The normalized spacial score (nSPS) is 13.9. The molecule has 156 valence electrons. The van der Waals surface area contributed by atoms with Crippen molar-refractivity contribution in [3.8, 4) is 0 Å². The molecule has 3 aromatic carbocycles. The Hall–Kier alpha value is -3.51. The summed E-state index contributed by atoms with van der Waals surface area (Å²) in [6, 6.07) is 15.2. The van der Waals surface area contributed by atoms with Gasteiger partial charge in [-0.1, -0.05) is 47.5 Å². The maximum Gasteiger partial charge on any atom is 0.282 e. The van der Waals surface area contributed by atoms with Crippen molar-refractivity contribution in [2.75, 3.05) is 10.2 Å². The highest BCUT2D eigenvalue weighted by atomic mass is 35.5. The molecule has 0 fully saturated rings. The quantitative estimate of drug-likeness (QED) is 0.537. The van der Waals surface area contributed by atoms with Crippen molar-refractivity contribution in [3.05, 3.63) is 99.7 Å². The number of carbonyl (C=O) groups is 2. The van der Waals surface area contributed by atoms with Crippen molar-refractivity contribution in [1.29, 1.82) is 0 Å². The number of hydrogen-bond acceptors (Lipinski definition) is 3. The van der Waals surface area contributed by atoms with Crippen LogP contribution in [0.25, 0.3) is 5.57 Å². The zero-order valence-electron chi connectivity index (χ0n) is 16.7. The van der Waals surface area contributed by atoms with Gasteiger partial charge in [-0.3, -0.25) is 9.59 Å². The van der Waals surface area contributed by atoms with Crippen molar-refractivity contribution in [3.63, 3.8) is 0 Å². The van der Waals surface area contributed by atoms with E-state index in [4.69, 9.17) is 11.6 Å². The lowest BCUT2D eigenvalue weighted by Crippen LogP contribution is -2.32. The molecule has 0 saturated carbocycles. The van der Waals surface area contributed by atoms with Gasteiger partial charge in [-0.05, 0) is 49.2 Å². The number of amides is 2. The van der Waals surface area contributed by atoms with E-state index in [1.807, 2.05) is 26.0 Å². The van der Waals surface area contributed by atoms with Crippen molar-refractivity contribution in [1.82, 2.24) is 0 Å². The number of aryl methyl sites for hydroxylation is 2. The SMILES string of the molecule is Cc1ccc(C2=C(Nc3ccc(F)c(F)c3)C(=O)N(c3ccc(C)c(Cl)c3)C2=O)cc1. The van der Waals surface area contributed by atoms with Crippen LogP contribution in [0.4, 0.5) is 20.2 Å². The van der Waals surface area contributed by atoms with Gasteiger partial charge in [-0.2, -0.15) is 0 Å². The molecular weight excluding hydrogens is 422 g/mol. The van der Waals surface area contributed by atoms with Crippen molar-refractivity contribution in [2.24, 2.45) is 0 Å². The number of rotatable bonds is 4. The van der Waals surface area contributed by atoms with Crippen LogP contribution in [0.5, 0.6) is 0 Å². The number of nitrogens with one attached hydrogen (secondary N) is 1. The summed E-state index contributed by atoms with van der Waals surface area (Å²) in [4.78, 5) is 27.7. The van der Waals surface area contributed by atoms with Gasteiger partial charge in [-0.15, -0.1) is 0 Å². The molecule has 0 unspecified atom stereocenters. The van der Waals surface area contributed by atoms with Gasteiger partial charge < -0.3 is 5.32 Å². The minimum atomic E-state index is -1.07. The molecule has 0 aliphatic carbocycles. The zero-order chi connectivity index (χ0) is 22.3. The fraction of sp³-hybridized carbons (Fsp3) is 0.0833. The number of anilines is 2. The Bertz CT molecular complexity index is 1250. The van der Waals surface area contributed by atoms with Crippen molar-refractivity contribution < 1.29 is 18.4 Å². The average Bonchev–Trinajstić information content (AvgIpc) is 2.97. The van der Waals surface area contributed by atoms with E-state index in [1.54, 1.807) is 30.3 Å². The molecule has 4 nitrogen and oxygen atoms in total. The molecule has 31 heavy (non-hydrogen) atoms. The molecule has 1 N–H and O–H groups in total. The van der Waals surface area contributed by atoms with E-state index in [0.717, 1.165) is 28.2 Å². The van der Waals surface area contributed by atoms with Crippen LogP contribution in [0.3, 0.4) is 0 Å². The molecular formula is C24H17ClF2N2O2. The Labute approximate surface area is 182 Å². The molecule has 4 rings (SSSR count). The highest BCUT2D eigenvalue weighted by Crippen LogP contribution is 2.35. The first-order valence-corrected chi connectivity index (χ1v) is 9.82. The predicted molar refractivity (Wildman–Crippen MR) is 117 cm³/mol. The maximum absolute atomic E-state index is 13.7. The Balaban J connectivity index is 1.83. The number of carbonyl (C=O) groups excluding carboxylic acids is 2. The molecule has 2 amide bonds. The standard InChI is InChI=1S/C24H17ClF2N2O2/c1-13-3-6-15(7-4-13)21-22(28-16-8-10-19(26)20(27)11-16)24(31)29(23(21)30)17-9-5-14(2)18(25)12-17/h3-12,28H,1-2H3. The molecule has 1 heterocycles. The van der Waals surface area contributed by atoms with Gasteiger partial charge in [0, 0.05) is 16.8 Å². The summed E-state index contributed by atoms with van der Waals surface area (Å²) in [5.41, 5.74) is 2.87. The molecule has 0 atom stereocenters. The monoisotopic (exact) mass is 438 g/mol. The molecule has 0 aromatic heterocycles. The van der Waals surface area contributed by atoms with E-state index < -0.39 is 23.4 Å². The third-order valence-electron chi connectivity index (χ3n) is 5.03. The fourth-order valence-electron chi connectivity index (χ4n) is 3.31. The highest BCUT2D eigenvalue weighted by Gasteiger charge is 2.40. The Morgan fingerprint density at radius 3 is 2.19 bits per heavy atom. The van der Waals surface area contributed by atoms with E-state index in [0.29, 0.717) is 16.3 Å².